The molecule has 2 aliphatic rings. The summed E-state index contributed by atoms with van der Waals surface area (Å²) in [6, 6.07) is 7.79. The molecule has 1 atom stereocenters. The Morgan fingerprint density at radius 1 is 1.08 bits per heavy atom. The van der Waals surface area contributed by atoms with Crippen LogP contribution < -0.4 is 11.1 Å². The molecular formula is C18H15N3O4. The maximum Gasteiger partial charge on any atom is 0.262 e. The number of piperidine rings is 1. The van der Waals surface area contributed by atoms with Crippen molar-refractivity contribution in [1.82, 2.24) is 10.2 Å². The molecule has 1 unspecified atom stereocenters. The van der Waals surface area contributed by atoms with E-state index in [1.807, 2.05) is 12.1 Å². The number of benzene rings is 2. The summed E-state index contributed by atoms with van der Waals surface area (Å²) < 4.78 is 0. The average Bonchev–Trinajstić information content (AvgIpc) is 2.60. The van der Waals surface area contributed by atoms with Crippen molar-refractivity contribution in [3.8, 4) is 0 Å². The number of nitrogens with one attached hydrogen (secondary N) is 1. The largest absolute Gasteiger partial charge is 0.326 e. The number of nitrogens with two attached hydrogens (primary N) is 1. The van der Waals surface area contributed by atoms with Crippen LogP contribution in [0.25, 0.3) is 10.8 Å². The number of rotatable bonds is 2. The van der Waals surface area contributed by atoms with E-state index in [0.717, 1.165) is 10.3 Å². The van der Waals surface area contributed by atoms with Crippen LogP contribution in [0.4, 0.5) is 0 Å². The van der Waals surface area contributed by atoms with Crippen LogP contribution in [0.15, 0.2) is 30.3 Å². The highest BCUT2D eigenvalue weighted by Gasteiger charge is 2.43. The Hall–Kier alpha value is -3.06. The van der Waals surface area contributed by atoms with Gasteiger partial charge in [-0.2, -0.15) is 0 Å². The van der Waals surface area contributed by atoms with Gasteiger partial charge < -0.3 is 5.73 Å². The molecule has 0 aromatic heterocycles. The van der Waals surface area contributed by atoms with Gasteiger partial charge in [0.2, 0.25) is 11.8 Å². The summed E-state index contributed by atoms with van der Waals surface area (Å²) in [6.07, 6.45) is 0.210. The van der Waals surface area contributed by atoms with Crippen molar-refractivity contribution in [2.75, 3.05) is 0 Å². The van der Waals surface area contributed by atoms with Gasteiger partial charge in [-0.1, -0.05) is 24.3 Å². The van der Waals surface area contributed by atoms with E-state index in [1.54, 1.807) is 18.2 Å². The van der Waals surface area contributed by atoms with Crippen molar-refractivity contribution >= 4 is 34.4 Å². The van der Waals surface area contributed by atoms with E-state index in [-0.39, 0.29) is 19.4 Å². The second-order valence-electron chi connectivity index (χ2n) is 6.15. The molecule has 0 saturated carbocycles. The fraction of sp³-hybridized carbons (Fsp3) is 0.222. The smallest absolute Gasteiger partial charge is 0.262 e. The Balaban J connectivity index is 1.91. The first-order valence-electron chi connectivity index (χ1n) is 7.99. The zero-order chi connectivity index (χ0) is 17.7. The summed E-state index contributed by atoms with van der Waals surface area (Å²) in [6.45, 7) is 0.142. The molecule has 3 N–H and O–H groups in total. The lowest BCUT2D eigenvalue weighted by Gasteiger charge is -2.35. The van der Waals surface area contributed by atoms with Crippen molar-refractivity contribution < 1.29 is 19.2 Å². The van der Waals surface area contributed by atoms with Crippen LogP contribution in [-0.4, -0.2) is 34.6 Å². The van der Waals surface area contributed by atoms with Gasteiger partial charge in [-0.25, -0.2) is 0 Å². The predicted molar refractivity (Wildman–Crippen MR) is 88.5 cm³/mol. The molecule has 2 heterocycles. The molecule has 0 aliphatic carbocycles. The van der Waals surface area contributed by atoms with Gasteiger partial charge in [0.1, 0.15) is 6.04 Å². The molecule has 2 aromatic carbocycles. The topological polar surface area (TPSA) is 110 Å². The minimum Gasteiger partial charge on any atom is -0.326 e. The molecule has 4 rings (SSSR count). The first-order valence-corrected chi connectivity index (χ1v) is 7.99. The van der Waals surface area contributed by atoms with Crippen molar-refractivity contribution in [2.45, 2.75) is 25.4 Å². The highest BCUT2D eigenvalue weighted by atomic mass is 16.2. The van der Waals surface area contributed by atoms with Gasteiger partial charge in [-0.05, 0) is 23.4 Å². The molecule has 126 valence electrons. The Bertz CT molecular complexity index is 966. The molecular weight excluding hydrogens is 322 g/mol. The molecule has 2 aromatic rings. The van der Waals surface area contributed by atoms with Crippen LogP contribution in [0.1, 0.15) is 39.1 Å². The van der Waals surface area contributed by atoms with Crippen LogP contribution in [-0.2, 0) is 16.1 Å². The quantitative estimate of drug-likeness (QED) is 0.784. The normalized spacial score (nSPS) is 20.2. The maximum absolute atomic E-state index is 13.1. The number of hydrogen-bond acceptors (Lipinski definition) is 5. The number of carbonyl (C=O) groups excluding carboxylic acids is 4. The highest BCUT2D eigenvalue weighted by molar-refractivity contribution is 6.27. The van der Waals surface area contributed by atoms with Gasteiger partial charge in [0, 0.05) is 23.9 Å². The molecule has 4 amide bonds. The van der Waals surface area contributed by atoms with Crippen molar-refractivity contribution in [1.29, 1.82) is 0 Å². The number of imide groups is 2. The monoisotopic (exact) mass is 337 g/mol. The molecule has 7 nitrogen and oxygen atoms in total. The van der Waals surface area contributed by atoms with E-state index in [1.165, 1.54) is 0 Å². The van der Waals surface area contributed by atoms with Crippen molar-refractivity contribution in [3.05, 3.63) is 47.0 Å². The Morgan fingerprint density at radius 3 is 2.60 bits per heavy atom. The van der Waals surface area contributed by atoms with E-state index in [4.69, 9.17) is 5.73 Å². The minimum atomic E-state index is -0.994. The fourth-order valence-electron chi connectivity index (χ4n) is 3.57. The van der Waals surface area contributed by atoms with E-state index >= 15 is 0 Å². The van der Waals surface area contributed by atoms with Gasteiger partial charge >= 0.3 is 0 Å². The number of hydrogen-bond donors (Lipinski definition) is 2. The third kappa shape index (κ3) is 2.16. The van der Waals surface area contributed by atoms with E-state index in [9.17, 15) is 19.2 Å². The summed E-state index contributed by atoms with van der Waals surface area (Å²) in [5.74, 6) is -2.09. The maximum atomic E-state index is 13.1. The van der Waals surface area contributed by atoms with E-state index in [0.29, 0.717) is 22.1 Å². The second-order valence-corrected chi connectivity index (χ2v) is 6.15. The molecule has 0 radical (unpaired) electrons. The number of amides is 4. The summed E-state index contributed by atoms with van der Waals surface area (Å²) in [5, 5.41) is 3.54. The molecule has 7 heteroatoms. The Labute approximate surface area is 142 Å². The predicted octanol–water partition coefficient (Wildman–Crippen LogP) is 0.700. The first-order chi connectivity index (χ1) is 12.0. The second kappa shape index (κ2) is 5.49. The molecule has 2 aliphatic heterocycles. The third-order valence-electron chi connectivity index (χ3n) is 4.76. The van der Waals surface area contributed by atoms with Crippen molar-refractivity contribution in [3.63, 3.8) is 0 Å². The summed E-state index contributed by atoms with van der Waals surface area (Å²) >= 11 is 0. The van der Waals surface area contributed by atoms with Gasteiger partial charge in [-0.3, -0.25) is 29.4 Å². The standard InChI is InChI=1S/C18H15N3O4/c19-8-10-5-4-9-2-1-3-11-14(9)15(10)18(25)21(17(11)24)12-6-7-13(22)20-16(12)23/h1-5,12H,6-8,19H2,(H,20,22,23). The van der Waals surface area contributed by atoms with E-state index in [2.05, 4.69) is 5.32 Å². The van der Waals surface area contributed by atoms with Gasteiger partial charge in [0.15, 0.2) is 0 Å². The Morgan fingerprint density at radius 2 is 1.88 bits per heavy atom. The number of nitrogens with zero attached hydrogens (tertiary/aromatic N) is 1. The zero-order valence-corrected chi connectivity index (χ0v) is 13.2. The summed E-state index contributed by atoms with van der Waals surface area (Å²) in [5.41, 5.74) is 7.13. The summed E-state index contributed by atoms with van der Waals surface area (Å²) in [7, 11) is 0. The molecule has 1 fully saturated rings. The molecule has 25 heavy (non-hydrogen) atoms. The first kappa shape index (κ1) is 15.5. The van der Waals surface area contributed by atoms with Crippen molar-refractivity contribution in [2.24, 2.45) is 5.73 Å². The minimum absolute atomic E-state index is 0.0864. The van der Waals surface area contributed by atoms with Crippen LogP contribution in [0.2, 0.25) is 0 Å². The lowest BCUT2D eigenvalue weighted by Crippen LogP contribution is -2.57. The molecule has 0 bridgehead atoms. The van der Waals surface area contributed by atoms with Gasteiger partial charge in [0.25, 0.3) is 11.8 Å². The lowest BCUT2D eigenvalue weighted by molar-refractivity contribution is -0.136. The fourth-order valence-corrected chi connectivity index (χ4v) is 3.57. The summed E-state index contributed by atoms with van der Waals surface area (Å²) in [4.78, 5) is 50.6. The SMILES string of the molecule is NCc1ccc2cccc3c2c1C(=O)N(C1CCC(=O)NC1=O)C3=O. The van der Waals surface area contributed by atoms with Crippen LogP contribution in [0, 0.1) is 0 Å². The average molecular weight is 337 g/mol. The number of carbonyl (C=O) groups is 4. The third-order valence-corrected chi connectivity index (χ3v) is 4.76. The molecule has 0 spiro atoms. The van der Waals surface area contributed by atoms with Gasteiger partial charge in [0.05, 0.1) is 5.56 Å². The highest BCUT2D eigenvalue weighted by Crippen LogP contribution is 2.34. The van der Waals surface area contributed by atoms with Gasteiger partial charge in [-0.15, -0.1) is 0 Å². The zero-order valence-electron chi connectivity index (χ0n) is 13.2. The molecule has 1 saturated heterocycles. The van der Waals surface area contributed by atoms with E-state index < -0.39 is 29.7 Å². The lowest BCUT2D eigenvalue weighted by atomic mass is 9.89. The Kier molecular flexibility index (Phi) is 3.40. The van der Waals surface area contributed by atoms with Crippen LogP contribution in [0.3, 0.4) is 0 Å². The van der Waals surface area contributed by atoms with Crippen LogP contribution >= 0.6 is 0 Å². The van der Waals surface area contributed by atoms with Crippen LogP contribution in [0.5, 0.6) is 0 Å².